The number of hydrogen-bond donors (Lipinski definition) is 0. The van der Waals surface area contributed by atoms with Crippen molar-refractivity contribution in [2.45, 2.75) is 24.7 Å². The van der Waals surface area contributed by atoms with Crippen molar-refractivity contribution in [3.8, 4) is 44.5 Å². The molecule has 3 aliphatic rings. The molecule has 0 saturated carbocycles. The fourth-order valence-corrected chi connectivity index (χ4v) is 9.42. The molecule has 1 nitrogen and oxygen atoms in total. The maximum atomic E-state index is 6.80. The Morgan fingerprint density at radius 3 is 1.51 bits per heavy atom. The summed E-state index contributed by atoms with van der Waals surface area (Å²) in [5, 5.41) is 2.33. The average Bonchev–Trinajstić information content (AvgIpc) is 3.79. The lowest BCUT2D eigenvalue weighted by molar-refractivity contribution is 0.660. The molecule has 47 heavy (non-hydrogen) atoms. The second kappa shape index (κ2) is 8.57. The minimum atomic E-state index is -0.369. The van der Waals surface area contributed by atoms with Crippen molar-refractivity contribution in [2.24, 2.45) is 0 Å². The third kappa shape index (κ3) is 3.01. The highest BCUT2D eigenvalue weighted by Crippen LogP contribution is 2.63. The maximum absolute atomic E-state index is 6.80. The van der Waals surface area contributed by atoms with Gasteiger partial charge in [0.05, 0.1) is 5.41 Å². The summed E-state index contributed by atoms with van der Waals surface area (Å²) in [6, 6.07) is 54.2. The third-order valence-electron chi connectivity index (χ3n) is 11.5. The lowest BCUT2D eigenvalue weighted by Crippen LogP contribution is -2.25. The number of hydrogen-bond acceptors (Lipinski definition) is 1. The summed E-state index contributed by atoms with van der Waals surface area (Å²) in [5.74, 6) is 0. The molecule has 7 aromatic carbocycles. The Labute approximate surface area is 273 Å². The highest BCUT2D eigenvalue weighted by molar-refractivity contribution is 6.09. The summed E-state index contributed by atoms with van der Waals surface area (Å²) in [7, 11) is 0. The predicted molar refractivity (Wildman–Crippen MR) is 193 cm³/mol. The van der Waals surface area contributed by atoms with Crippen molar-refractivity contribution in [3.05, 3.63) is 179 Å². The lowest BCUT2D eigenvalue weighted by atomic mass is 9.70. The highest BCUT2D eigenvalue weighted by Gasteiger charge is 2.51. The molecule has 1 aromatic heterocycles. The average molecular weight is 599 g/mol. The molecule has 220 valence electrons. The first-order chi connectivity index (χ1) is 23.0. The molecule has 0 atom stereocenters. The monoisotopic (exact) mass is 598 g/mol. The Balaban J connectivity index is 1.12. The summed E-state index contributed by atoms with van der Waals surface area (Å²) < 4.78 is 6.80. The fraction of sp³-hybridized carbons (Fsp3) is 0.0870. The van der Waals surface area contributed by atoms with Gasteiger partial charge in [-0.15, -0.1) is 0 Å². The van der Waals surface area contributed by atoms with Gasteiger partial charge in [-0.3, -0.25) is 0 Å². The van der Waals surface area contributed by atoms with E-state index in [1.165, 1.54) is 83.3 Å². The third-order valence-corrected chi connectivity index (χ3v) is 11.5. The largest absolute Gasteiger partial charge is 0.456 e. The quantitative estimate of drug-likeness (QED) is 0.183. The standard InChI is InChI=1S/C46H30O/c1-45(2)37-15-7-3-11-29(37)33-21-19-27(23-41(33)45)28-20-22-34-36-25-35-32-14-6-10-18-40(32)46(42(35)26-44(36)47-43(34)24-28)38-16-8-4-12-30(38)31-13-5-9-17-39(31)46/h3-26H,1-2H3. The van der Waals surface area contributed by atoms with Crippen LogP contribution in [-0.2, 0) is 10.8 Å². The van der Waals surface area contributed by atoms with Crippen LogP contribution in [0, 0.1) is 0 Å². The zero-order valence-electron chi connectivity index (χ0n) is 26.3. The van der Waals surface area contributed by atoms with E-state index in [-0.39, 0.29) is 10.8 Å². The Hall–Kier alpha value is -5.66. The van der Waals surface area contributed by atoms with Gasteiger partial charge in [-0.25, -0.2) is 0 Å². The zero-order valence-corrected chi connectivity index (χ0v) is 26.3. The second-order valence-corrected chi connectivity index (χ2v) is 14.0. The van der Waals surface area contributed by atoms with Crippen LogP contribution in [0.15, 0.2) is 150 Å². The minimum Gasteiger partial charge on any atom is -0.456 e. The Bertz CT molecular complexity index is 2620. The predicted octanol–water partition coefficient (Wildman–Crippen LogP) is 11.9. The van der Waals surface area contributed by atoms with Crippen molar-refractivity contribution in [3.63, 3.8) is 0 Å². The van der Waals surface area contributed by atoms with Crippen LogP contribution in [-0.4, -0.2) is 0 Å². The van der Waals surface area contributed by atoms with Gasteiger partial charge in [0.25, 0.3) is 0 Å². The number of furan rings is 1. The van der Waals surface area contributed by atoms with Gasteiger partial charge in [0.1, 0.15) is 11.2 Å². The normalized spacial score (nSPS) is 15.4. The summed E-state index contributed by atoms with van der Waals surface area (Å²) >= 11 is 0. The molecule has 8 aromatic rings. The van der Waals surface area contributed by atoms with Crippen LogP contribution < -0.4 is 0 Å². The minimum absolute atomic E-state index is 0.0321. The molecule has 0 saturated heterocycles. The van der Waals surface area contributed by atoms with Crippen molar-refractivity contribution in [1.29, 1.82) is 0 Å². The molecule has 1 heterocycles. The van der Waals surface area contributed by atoms with E-state index < -0.39 is 0 Å². The first-order valence-corrected chi connectivity index (χ1v) is 16.6. The molecule has 0 bridgehead atoms. The van der Waals surface area contributed by atoms with Gasteiger partial charge < -0.3 is 4.42 Å². The van der Waals surface area contributed by atoms with Crippen LogP contribution in [0.5, 0.6) is 0 Å². The summed E-state index contributed by atoms with van der Waals surface area (Å²) in [6.45, 7) is 4.68. The van der Waals surface area contributed by atoms with E-state index >= 15 is 0 Å². The van der Waals surface area contributed by atoms with Crippen LogP contribution in [0.4, 0.5) is 0 Å². The van der Waals surface area contributed by atoms with Crippen molar-refractivity contribution in [1.82, 2.24) is 0 Å². The molecule has 1 spiro atoms. The van der Waals surface area contributed by atoms with E-state index in [2.05, 4.69) is 159 Å². The summed E-state index contributed by atoms with van der Waals surface area (Å²) in [4.78, 5) is 0. The van der Waals surface area contributed by atoms with E-state index in [1.807, 2.05) is 0 Å². The van der Waals surface area contributed by atoms with Crippen LogP contribution in [0.1, 0.15) is 47.2 Å². The van der Waals surface area contributed by atoms with E-state index in [9.17, 15) is 0 Å². The number of fused-ring (bicyclic) bond motifs is 16. The van der Waals surface area contributed by atoms with Gasteiger partial charge in [0, 0.05) is 16.2 Å². The molecule has 3 aliphatic carbocycles. The summed E-state index contributed by atoms with van der Waals surface area (Å²) in [5.41, 5.74) is 20.0. The van der Waals surface area contributed by atoms with Crippen LogP contribution >= 0.6 is 0 Å². The molecular formula is C46H30O. The van der Waals surface area contributed by atoms with E-state index in [4.69, 9.17) is 4.42 Å². The number of rotatable bonds is 1. The number of benzene rings is 7. The van der Waals surface area contributed by atoms with E-state index in [0.29, 0.717) is 0 Å². The van der Waals surface area contributed by atoms with Gasteiger partial charge >= 0.3 is 0 Å². The van der Waals surface area contributed by atoms with E-state index in [0.717, 1.165) is 16.6 Å². The van der Waals surface area contributed by atoms with E-state index in [1.54, 1.807) is 0 Å². The molecule has 1 heteroatoms. The van der Waals surface area contributed by atoms with Gasteiger partial charge in [-0.1, -0.05) is 129 Å². The molecule has 0 aliphatic heterocycles. The molecule has 11 rings (SSSR count). The fourth-order valence-electron chi connectivity index (χ4n) is 9.42. The van der Waals surface area contributed by atoms with Crippen molar-refractivity contribution >= 4 is 21.9 Å². The van der Waals surface area contributed by atoms with Gasteiger partial charge in [0.15, 0.2) is 0 Å². The van der Waals surface area contributed by atoms with Gasteiger partial charge in [0.2, 0.25) is 0 Å². The Morgan fingerprint density at radius 2 is 0.851 bits per heavy atom. The van der Waals surface area contributed by atoms with Gasteiger partial charge in [-0.2, -0.15) is 0 Å². The van der Waals surface area contributed by atoms with Crippen LogP contribution in [0.3, 0.4) is 0 Å². The molecule has 0 radical (unpaired) electrons. The highest BCUT2D eigenvalue weighted by atomic mass is 16.3. The molecule has 0 amide bonds. The maximum Gasteiger partial charge on any atom is 0.136 e. The molecule has 0 fully saturated rings. The van der Waals surface area contributed by atoms with Gasteiger partial charge in [-0.05, 0) is 108 Å². The Kier molecular flexibility index (Phi) is 4.66. The molecule has 0 N–H and O–H groups in total. The summed E-state index contributed by atoms with van der Waals surface area (Å²) in [6.07, 6.45) is 0. The van der Waals surface area contributed by atoms with Crippen molar-refractivity contribution in [2.75, 3.05) is 0 Å². The van der Waals surface area contributed by atoms with Crippen LogP contribution in [0.25, 0.3) is 66.4 Å². The second-order valence-electron chi connectivity index (χ2n) is 14.0. The van der Waals surface area contributed by atoms with Crippen molar-refractivity contribution < 1.29 is 4.42 Å². The topological polar surface area (TPSA) is 13.1 Å². The SMILES string of the molecule is CC1(C)c2ccccc2-c2ccc(-c3ccc4c(c3)oc3cc5c(cc34)-c3ccccc3C53c4ccccc4-c4ccccc43)cc21. The molecule has 0 unspecified atom stereocenters. The lowest BCUT2D eigenvalue weighted by Gasteiger charge is -2.30. The molecular weight excluding hydrogens is 569 g/mol. The smallest absolute Gasteiger partial charge is 0.136 e. The first kappa shape index (κ1) is 25.5. The van der Waals surface area contributed by atoms with Crippen LogP contribution in [0.2, 0.25) is 0 Å². The first-order valence-electron chi connectivity index (χ1n) is 16.6. The zero-order chi connectivity index (χ0) is 31.1. The Morgan fingerprint density at radius 1 is 0.362 bits per heavy atom.